The highest BCUT2D eigenvalue weighted by Gasteiger charge is 2.13. The predicted octanol–water partition coefficient (Wildman–Crippen LogP) is 5.45. The van der Waals surface area contributed by atoms with Crippen molar-refractivity contribution < 1.29 is 12.6 Å². The second-order valence-electron chi connectivity index (χ2n) is 6.43. The van der Waals surface area contributed by atoms with Gasteiger partial charge in [-0.1, -0.05) is 66.6 Å². The molecule has 0 aromatic heterocycles. The van der Waals surface area contributed by atoms with Crippen LogP contribution in [-0.4, -0.2) is 15.0 Å². The van der Waals surface area contributed by atoms with Crippen molar-refractivity contribution in [3.63, 3.8) is 0 Å². The summed E-state index contributed by atoms with van der Waals surface area (Å²) in [5.74, 6) is 0. The van der Waals surface area contributed by atoms with Crippen LogP contribution in [-0.2, 0) is 20.7 Å². The van der Waals surface area contributed by atoms with E-state index in [0.29, 0.717) is 0 Å². The Hall–Kier alpha value is -1.91. The van der Waals surface area contributed by atoms with E-state index in [0.717, 1.165) is 44.1 Å². The SMILES string of the molecule is Cc1ccc(S(=O)(=O)OCCCCCC=CCCc2ccccc2)cc1. The van der Waals surface area contributed by atoms with Crippen molar-refractivity contribution in [1.82, 2.24) is 0 Å². The Labute approximate surface area is 157 Å². The van der Waals surface area contributed by atoms with Crippen molar-refractivity contribution in [2.45, 2.75) is 50.3 Å². The van der Waals surface area contributed by atoms with Crippen LogP contribution in [0.2, 0.25) is 0 Å². The highest BCUT2D eigenvalue weighted by molar-refractivity contribution is 7.86. The average Bonchev–Trinajstić information content (AvgIpc) is 2.64. The fourth-order valence-electron chi connectivity index (χ4n) is 2.61. The van der Waals surface area contributed by atoms with Gasteiger partial charge in [0.1, 0.15) is 0 Å². The number of hydrogen-bond donors (Lipinski definition) is 0. The summed E-state index contributed by atoms with van der Waals surface area (Å²) < 4.78 is 29.2. The number of hydrogen-bond acceptors (Lipinski definition) is 3. The molecule has 0 heterocycles. The smallest absolute Gasteiger partial charge is 0.266 e. The molecule has 2 aromatic carbocycles. The standard InChI is InChI=1S/C22H28O3S/c1-20-15-17-22(18-16-20)26(23,24)25-19-11-6-4-2-3-5-8-12-21-13-9-7-10-14-21/h3,5,7,9-10,13-18H,2,4,6,8,11-12,19H2,1H3. The van der Waals surface area contributed by atoms with Gasteiger partial charge in [0.25, 0.3) is 10.1 Å². The molecule has 3 nitrogen and oxygen atoms in total. The Morgan fingerprint density at radius 3 is 2.27 bits per heavy atom. The molecular formula is C22H28O3S. The maximum absolute atomic E-state index is 12.0. The third-order valence-electron chi connectivity index (χ3n) is 4.17. The maximum atomic E-state index is 12.0. The van der Waals surface area contributed by atoms with Gasteiger partial charge < -0.3 is 0 Å². The number of aryl methyl sites for hydroxylation is 2. The summed E-state index contributed by atoms with van der Waals surface area (Å²) in [4.78, 5) is 0.226. The summed E-state index contributed by atoms with van der Waals surface area (Å²) in [7, 11) is -3.62. The Bertz CT molecular complexity index is 763. The third-order valence-corrected chi connectivity index (χ3v) is 5.50. The summed E-state index contributed by atoms with van der Waals surface area (Å²) >= 11 is 0. The van der Waals surface area contributed by atoms with E-state index in [4.69, 9.17) is 4.18 Å². The lowest BCUT2D eigenvalue weighted by atomic mass is 10.1. The van der Waals surface area contributed by atoms with Crippen LogP contribution in [0.25, 0.3) is 0 Å². The zero-order chi connectivity index (χ0) is 18.7. The lowest BCUT2D eigenvalue weighted by Gasteiger charge is -2.05. The van der Waals surface area contributed by atoms with Crippen LogP contribution in [0.5, 0.6) is 0 Å². The molecule has 4 heteroatoms. The third kappa shape index (κ3) is 7.54. The van der Waals surface area contributed by atoms with Crippen LogP contribution < -0.4 is 0 Å². The van der Waals surface area contributed by atoms with Crippen molar-refractivity contribution in [1.29, 1.82) is 0 Å². The first-order valence-corrected chi connectivity index (χ1v) is 10.6. The van der Waals surface area contributed by atoms with E-state index < -0.39 is 10.1 Å². The molecule has 0 atom stereocenters. The van der Waals surface area contributed by atoms with Gasteiger partial charge in [0, 0.05) is 0 Å². The van der Waals surface area contributed by atoms with Gasteiger partial charge in [0.05, 0.1) is 11.5 Å². The molecule has 0 fully saturated rings. The fraction of sp³-hybridized carbons (Fsp3) is 0.364. The first-order valence-electron chi connectivity index (χ1n) is 9.23. The van der Waals surface area contributed by atoms with Crippen LogP contribution in [0.4, 0.5) is 0 Å². The minimum atomic E-state index is -3.62. The Morgan fingerprint density at radius 1 is 0.846 bits per heavy atom. The van der Waals surface area contributed by atoms with Crippen molar-refractivity contribution >= 4 is 10.1 Å². The maximum Gasteiger partial charge on any atom is 0.296 e. The van der Waals surface area contributed by atoms with Gasteiger partial charge in [0.15, 0.2) is 0 Å². The average molecular weight is 373 g/mol. The molecule has 0 aliphatic carbocycles. The summed E-state index contributed by atoms with van der Waals surface area (Å²) in [5.41, 5.74) is 2.39. The first kappa shape index (κ1) is 20.4. The molecular weight excluding hydrogens is 344 g/mol. The summed E-state index contributed by atoms with van der Waals surface area (Å²) in [6.07, 6.45) is 10.4. The molecule has 0 aliphatic heterocycles. The normalized spacial score (nSPS) is 11.9. The summed E-state index contributed by atoms with van der Waals surface area (Å²) in [5, 5.41) is 0. The van der Waals surface area contributed by atoms with Gasteiger partial charge in [-0.25, -0.2) is 0 Å². The van der Waals surface area contributed by atoms with Gasteiger partial charge in [-0.3, -0.25) is 4.18 Å². The van der Waals surface area contributed by atoms with Crippen molar-refractivity contribution in [2.24, 2.45) is 0 Å². The van der Waals surface area contributed by atoms with E-state index in [1.165, 1.54) is 5.56 Å². The molecule has 0 saturated heterocycles. The molecule has 0 aliphatic rings. The molecule has 0 unspecified atom stereocenters. The minimum Gasteiger partial charge on any atom is -0.266 e. The monoisotopic (exact) mass is 372 g/mol. The number of unbranched alkanes of at least 4 members (excludes halogenated alkanes) is 3. The van der Waals surface area contributed by atoms with Crippen LogP contribution in [0.3, 0.4) is 0 Å². The molecule has 0 spiro atoms. The zero-order valence-electron chi connectivity index (χ0n) is 15.4. The number of rotatable bonds is 11. The Morgan fingerprint density at radius 2 is 1.54 bits per heavy atom. The number of benzene rings is 2. The van der Waals surface area contributed by atoms with E-state index >= 15 is 0 Å². The molecule has 0 N–H and O–H groups in total. The molecule has 2 aromatic rings. The van der Waals surface area contributed by atoms with E-state index in [2.05, 4.69) is 36.4 Å². The second kappa shape index (κ2) is 10.9. The number of allylic oxidation sites excluding steroid dienone is 2. The lowest BCUT2D eigenvalue weighted by molar-refractivity contribution is 0.307. The summed E-state index contributed by atoms with van der Waals surface area (Å²) in [6.45, 7) is 2.17. The van der Waals surface area contributed by atoms with Crippen molar-refractivity contribution in [2.75, 3.05) is 6.61 Å². The fourth-order valence-corrected chi connectivity index (χ4v) is 3.56. The molecule has 0 bridgehead atoms. The molecule has 0 radical (unpaired) electrons. The largest absolute Gasteiger partial charge is 0.296 e. The molecule has 2 rings (SSSR count). The van der Waals surface area contributed by atoms with E-state index in [1.54, 1.807) is 24.3 Å². The molecule has 26 heavy (non-hydrogen) atoms. The van der Waals surface area contributed by atoms with Crippen LogP contribution in [0.15, 0.2) is 71.6 Å². The van der Waals surface area contributed by atoms with Gasteiger partial charge >= 0.3 is 0 Å². The van der Waals surface area contributed by atoms with Crippen molar-refractivity contribution in [3.05, 3.63) is 77.9 Å². The quantitative estimate of drug-likeness (QED) is 0.299. The second-order valence-corrected chi connectivity index (χ2v) is 8.05. The van der Waals surface area contributed by atoms with E-state index in [9.17, 15) is 8.42 Å². The Balaban J connectivity index is 1.53. The van der Waals surface area contributed by atoms with Gasteiger partial charge in [-0.2, -0.15) is 8.42 Å². The minimum absolute atomic E-state index is 0.226. The highest BCUT2D eigenvalue weighted by Crippen LogP contribution is 2.14. The van der Waals surface area contributed by atoms with Crippen LogP contribution >= 0.6 is 0 Å². The summed E-state index contributed by atoms with van der Waals surface area (Å²) in [6, 6.07) is 17.2. The topological polar surface area (TPSA) is 43.4 Å². The highest BCUT2D eigenvalue weighted by atomic mass is 32.2. The van der Waals surface area contributed by atoms with Gasteiger partial charge in [-0.15, -0.1) is 0 Å². The van der Waals surface area contributed by atoms with Crippen LogP contribution in [0, 0.1) is 6.92 Å². The van der Waals surface area contributed by atoms with E-state index in [-0.39, 0.29) is 11.5 Å². The molecule has 0 saturated carbocycles. The van der Waals surface area contributed by atoms with Gasteiger partial charge in [0.2, 0.25) is 0 Å². The van der Waals surface area contributed by atoms with Gasteiger partial charge in [-0.05, 0) is 56.7 Å². The molecule has 140 valence electrons. The Kier molecular flexibility index (Phi) is 8.59. The van der Waals surface area contributed by atoms with Crippen LogP contribution in [0.1, 0.15) is 43.2 Å². The lowest BCUT2D eigenvalue weighted by Crippen LogP contribution is -2.07. The predicted molar refractivity (Wildman–Crippen MR) is 107 cm³/mol. The zero-order valence-corrected chi connectivity index (χ0v) is 16.3. The van der Waals surface area contributed by atoms with Crippen molar-refractivity contribution in [3.8, 4) is 0 Å². The first-order chi connectivity index (χ1) is 12.6. The molecule has 0 amide bonds. The van der Waals surface area contributed by atoms with E-state index in [1.807, 2.05) is 13.0 Å².